The molecule has 2 aromatic rings. The van der Waals surface area contributed by atoms with E-state index in [0.29, 0.717) is 36.9 Å². The smallest absolute Gasteiger partial charge is 0.243 e. The number of nitrogens with zero attached hydrogens (tertiary/aromatic N) is 4. The second kappa shape index (κ2) is 8.77. The lowest BCUT2D eigenvalue weighted by Crippen LogP contribution is -2.36. The van der Waals surface area contributed by atoms with Gasteiger partial charge in [0, 0.05) is 31.7 Å². The number of ether oxygens (including phenoxy) is 1. The molecule has 1 aromatic carbocycles. The van der Waals surface area contributed by atoms with Crippen molar-refractivity contribution in [2.45, 2.75) is 37.5 Å². The maximum Gasteiger partial charge on any atom is 0.243 e. The van der Waals surface area contributed by atoms with E-state index in [2.05, 4.69) is 15.1 Å². The fourth-order valence-electron chi connectivity index (χ4n) is 3.90. The number of sulfonamides is 1. The average Bonchev–Trinajstić information content (AvgIpc) is 3.05. The number of aryl methyl sites for hydroxylation is 1. The molecule has 7 nitrogen and oxygen atoms in total. The van der Waals surface area contributed by atoms with Crippen LogP contribution in [0.3, 0.4) is 0 Å². The van der Waals surface area contributed by atoms with Gasteiger partial charge in [0.25, 0.3) is 0 Å². The van der Waals surface area contributed by atoms with Gasteiger partial charge >= 0.3 is 0 Å². The zero-order valence-electron chi connectivity index (χ0n) is 16.9. The summed E-state index contributed by atoms with van der Waals surface area (Å²) in [4.78, 5) is 2.51. The summed E-state index contributed by atoms with van der Waals surface area (Å²) in [5.74, 6) is 0.821. The molecule has 8 heteroatoms. The van der Waals surface area contributed by atoms with Crippen molar-refractivity contribution < 1.29 is 13.2 Å². The van der Waals surface area contributed by atoms with Gasteiger partial charge in [0.15, 0.2) is 5.82 Å². The number of aromatic nitrogens is 2. The highest BCUT2D eigenvalue weighted by molar-refractivity contribution is 7.89. The molecule has 0 bridgehead atoms. The summed E-state index contributed by atoms with van der Waals surface area (Å²) in [6.07, 6.45) is 4.03. The van der Waals surface area contributed by atoms with Gasteiger partial charge in [-0.15, -0.1) is 10.2 Å². The van der Waals surface area contributed by atoms with E-state index in [1.54, 1.807) is 10.4 Å². The van der Waals surface area contributed by atoms with Crippen LogP contribution in [0.15, 0.2) is 35.2 Å². The number of hydrogen-bond acceptors (Lipinski definition) is 6. The van der Waals surface area contributed by atoms with Gasteiger partial charge in [0.05, 0.1) is 23.8 Å². The Balaban J connectivity index is 1.61. The van der Waals surface area contributed by atoms with Crippen molar-refractivity contribution >= 4 is 15.8 Å². The van der Waals surface area contributed by atoms with Crippen molar-refractivity contribution in [3.63, 3.8) is 0 Å². The molecule has 0 radical (unpaired) electrons. The Morgan fingerprint density at radius 1 is 0.897 bits per heavy atom. The minimum absolute atomic E-state index is 0.371. The van der Waals surface area contributed by atoms with Crippen LogP contribution in [-0.2, 0) is 14.8 Å². The Hall–Kier alpha value is -2.03. The lowest BCUT2D eigenvalue weighted by Gasteiger charge is -2.27. The molecule has 0 atom stereocenters. The maximum absolute atomic E-state index is 13.3. The molecule has 0 aliphatic carbocycles. The van der Waals surface area contributed by atoms with Crippen molar-refractivity contribution in [3.8, 4) is 11.3 Å². The highest BCUT2D eigenvalue weighted by Gasteiger charge is 2.27. The first-order chi connectivity index (χ1) is 14.1. The number of hydrogen-bond donors (Lipinski definition) is 0. The van der Waals surface area contributed by atoms with E-state index in [-0.39, 0.29) is 0 Å². The number of anilines is 1. The first kappa shape index (κ1) is 20.3. The standard InChI is InChI=1S/C21H28N4O3S/c1-17-6-7-18(16-20(17)29(26,27)25-10-4-2-3-5-11-25)19-8-9-21(23-22-19)24-12-14-28-15-13-24/h6-9,16H,2-5,10-15H2,1H3. The largest absolute Gasteiger partial charge is 0.378 e. The SMILES string of the molecule is Cc1ccc(-c2ccc(N3CCOCC3)nn2)cc1S(=O)(=O)N1CCCCCC1. The second-order valence-electron chi connectivity index (χ2n) is 7.67. The summed E-state index contributed by atoms with van der Waals surface area (Å²) in [7, 11) is -3.51. The second-order valence-corrected chi connectivity index (χ2v) is 9.58. The van der Waals surface area contributed by atoms with Gasteiger partial charge in [-0.1, -0.05) is 25.0 Å². The van der Waals surface area contributed by atoms with Crippen molar-refractivity contribution in [1.82, 2.24) is 14.5 Å². The first-order valence-electron chi connectivity index (χ1n) is 10.3. The van der Waals surface area contributed by atoms with Crippen LogP contribution in [0.5, 0.6) is 0 Å². The molecule has 1 aromatic heterocycles. The highest BCUT2D eigenvalue weighted by Crippen LogP contribution is 2.28. The molecule has 2 aliphatic rings. The first-order valence-corrected chi connectivity index (χ1v) is 11.8. The summed E-state index contributed by atoms with van der Waals surface area (Å²) in [5.41, 5.74) is 2.20. The molecule has 2 aliphatic heterocycles. The van der Waals surface area contributed by atoms with Crippen LogP contribution in [-0.4, -0.2) is 62.3 Å². The van der Waals surface area contributed by atoms with Crippen molar-refractivity contribution in [2.75, 3.05) is 44.3 Å². The molecule has 0 unspecified atom stereocenters. The summed E-state index contributed by atoms with van der Waals surface area (Å²) < 4.78 is 33.6. The molecule has 2 saturated heterocycles. The Kier molecular flexibility index (Phi) is 6.12. The van der Waals surface area contributed by atoms with Crippen molar-refractivity contribution in [1.29, 1.82) is 0 Å². The highest BCUT2D eigenvalue weighted by atomic mass is 32.2. The fourth-order valence-corrected chi connectivity index (χ4v) is 5.67. The third kappa shape index (κ3) is 4.44. The lowest BCUT2D eigenvalue weighted by atomic mass is 10.1. The van der Waals surface area contributed by atoms with Crippen LogP contribution in [0.1, 0.15) is 31.2 Å². The fraction of sp³-hybridized carbons (Fsp3) is 0.524. The molecule has 4 rings (SSSR count). The summed E-state index contributed by atoms with van der Waals surface area (Å²) >= 11 is 0. The van der Waals surface area contributed by atoms with Crippen LogP contribution < -0.4 is 4.90 Å². The molecule has 0 N–H and O–H groups in total. The topological polar surface area (TPSA) is 75.6 Å². The van der Waals surface area contributed by atoms with E-state index < -0.39 is 10.0 Å². The van der Waals surface area contributed by atoms with Crippen molar-refractivity contribution in [3.05, 3.63) is 35.9 Å². The van der Waals surface area contributed by atoms with Crippen molar-refractivity contribution in [2.24, 2.45) is 0 Å². The van der Waals surface area contributed by atoms with Gasteiger partial charge in [0.2, 0.25) is 10.0 Å². The zero-order valence-corrected chi connectivity index (χ0v) is 17.7. The Labute approximate surface area is 172 Å². The molecule has 0 saturated carbocycles. The summed E-state index contributed by atoms with van der Waals surface area (Å²) in [6.45, 7) is 6.04. The van der Waals surface area contributed by atoms with Crippen LogP contribution in [0.2, 0.25) is 0 Å². The van der Waals surface area contributed by atoms with Gasteiger partial charge < -0.3 is 9.64 Å². The van der Waals surface area contributed by atoms with E-state index in [9.17, 15) is 8.42 Å². The van der Waals surface area contributed by atoms with Gasteiger partial charge in [0.1, 0.15) is 0 Å². The molecular formula is C21H28N4O3S. The number of benzene rings is 1. The molecule has 2 fully saturated rings. The molecule has 0 spiro atoms. The molecule has 156 valence electrons. The monoisotopic (exact) mass is 416 g/mol. The van der Waals surface area contributed by atoms with Gasteiger partial charge in [-0.3, -0.25) is 0 Å². The molecule has 0 amide bonds. The van der Waals surface area contributed by atoms with Gasteiger partial charge in [-0.2, -0.15) is 4.31 Å². The third-order valence-corrected chi connectivity index (χ3v) is 7.69. The molecule has 3 heterocycles. The molecule has 29 heavy (non-hydrogen) atoms. The minimum atomic E-state index is -3.51. The van der Waals surface area contributed by atoms with Crippen LogP contribution in [0.4, 0.5) is 5.82 Å². The predicted octanol–water partition coefficient (Wildman–Crippen LogP) is 2.85. The van der Waals surface area contributed by atoms with E-state index in [1.807, 2.05) is 31.2 Å². The van der Waals surface area contributed by atoms with Crippen LogP contribution in [0, 0.1) is 6.92 Å². The quantitative estimate of drug-likeness (QED) is 0.763. The lowest BCUT2D eigenvalue weighted by molar-refractivity contribution is 0.122. The van der Waals surface area contributed by atoms with Gasteiger partial charge in [-0.05, 0) is 43.5 Å². The van der Waals surface area contributed by atoms with Crippen LogP contribution >= 0.6 is 0 Å². The number of morpholine rings is 1. The van der Waals surface area contributed by atoms with E-state index in [1.165, 1.54) is 0 Å². The minimum Gasteiger partial charge on any atom is -0.378 e. The Morgan fingerprint density at radius 3 is 2.28 bits per heavy atom. The van der Waals surface area contributed by atoms with E-state index in [0.717, 1.165) is 55.7 Å². The normalized spacial score (nSPS) is 19.1. The summed E-state index contributed by atoms with van der Waals surface area (Å²) in [5, 5.41) is 8.72. The van der Waals surface area contributed by atoms with Gasteiger partial charge in [-0.25, -0.2) is 8.42 Å². The Bertz CT molecular complexity index is 933. The van der Waals surface area contributed by atoms with Crippen LogP contribution in [0.25, 0.3) is 11.3 Å². The Morgan fingerprint density at radius 2 is 1.62 bits per heavy atom. The van der Waals surface area contributed by atoms with E-state index in [4.69, 9.17) is 4.74 Å². The number of rotatable bonds is 4. The maximum atomic E-state index is 13.3. The zero-order chi connectivity index (χ0) is 20.3. The summed E-state index contributed by atoms with van der Waals surface area (Å²) in [6, 6.07) is 9.36. The molecular weight excluding hydrogens is 388 g/mol. The average molecular weight is 417 g/mol. The third-order valence-electron chi connectivity index (χ3n) is 5.65. The van der Waals surface area contributed by atoms with E-state index >= 15 is 0 Å². The predicted molar refractivity (Wildman–Crippen MR) is 112 cm³/mol.